The highest BCUT2D eigenvalue weighted by Crippen LogP contribution is 2.27. The van der Waals surface area contributed by atoms with E-state index in [4.69, 9.17) is 14.2 Å². The third-order valence-corrected chi connectivity index (χ3v) is 5.28. The molecule has 1 aliphatic heterocycles. The Morgan fingerprint density at radius 1 is 0.944 bits per heavy atom. The number of amides is 3. The second kappa shape index (κ2) is 11.7. The van der Waals surface area contributed by atoms with Gasteiger partial charge in [-0.15, -0.1) is 0 Å². The number of hydrogen-bond acceptors (Lipinski definition) is 9. The van der Waals surface area contributed by atoms with Crippen molar-refractivity contribution in [1.29, 1.82) is 0 Å². The number of nitrogens with zero attached hydrogens (tertiary/aromatic N) is 1. The lowest BCUT2D eigenvalue weighted by Gasteiger charge is -2.18. The molecular weight excluding hydrogens is 474 g/mol. The van der Waals surface area contributed by atoms with Gasteiger partial charge in [0, 0.05) is 17.7 Å². The molecule has 1 saturated heterocycles. The van der Waals surface area contributed by atoms with Crippen LogP contribution >= 0.6 is 0 Å². The summed E-state index contributed by atoms with van der Waals surface area (Å²) in [4.78, 5) is 60.8. The van der Waals surface area contributed by atoms with E-state index in [-0.39, 0.29) is 18.5 Å². The van der Waals surface area contributed by atoms with Gasteiger partial charge < -0.3 is 24.3 Å². The molecule has 3 amide bonds. The molecule has 36 heavy (non-hydrogen) atoms. The van der Waals surface area contributed by atoms with E-state index >= 15 is 0 Å². The van der Waals surface area contributed by atoms with Crippen molar-refractivity contribution in [3.63, 3.8) is 0 Å². The molecule has 0 radical (unpaired) electrons. The summed E-state index contributed by atoms with van der Waals surface area (Å²) in [7, 11) is 4.16. The maximum absolute atomic E-state index is 12.6. The zero-order chi connectivity index (χ0) is 26.2. The fraction of sp³-hybridized carbons (Fsp3) is 0.292. The van der Waals surface area contributed by atoms with Crippen LogP contribution in [0.1, 0.15) is 27.1 Å². The van der Waals surface area contributed by atoms with Gasteiger partial charge in [0.15, 0.2) is 18.1 Å². The van der Waals surface area contributed by atoms with Crippen LogP contribution in [0.4, 0.5) is 5.69 Å². The van der Waals surface area contributed by atoms with Crippen molar-refractivity contribution in [2.75, 3.05) is 39.8 Å². The summed E-state index contributed by atoms with van der Waals surface area (Å²) in [6, 6.07) is 10.5. The molecule has 1 aliphatic rings. The minimum atomic E-state index is -0.852. The molecule has 0 unspecified atom stereocenters. The molecule has 0 bridgehead atoms. The van der Waals surface area contributed by atoms with Crippen LogP contribution in [0.2, 0.25) is 0 Å². The number of hydrogen-bond donors (Lipinski definition) is 2. The molecule has 2 aromatic carbocycles. The topological polar surface area (TPSA) is 150 Å². The first-order chi connectivity index (χ1) is 17.2. The Morgan fingerprint density at radius 3 is 2.25 bits per heavy atom. The predicted octanol–water partition coefficient (Wildman–Crippen LogP) is 1.17. The zero-order valence-corrected chi connectivity index (χ0v) is 19.9. The van der Waals surface area contributed by atoms with Gasteiger partial charge in [-0.1, -0.05) is 0 Å². The predicted molar refractivity (Wildman–Crippen MR) is 124 cm³/mol. The molecule has 2 N–H and O–H groups in total. The highest BCUT2D eigenvalue weighted by atomic mass is 16.5. The number of ether oxygens (including phenoxy) is 4. The van der Waals surface area contributed by atoms with Crippen LogP contribution in [-0.2, 0) is 23.9 Å². The first-order valence-electron chi connectivity index (χ1n) is 10.7. The van der Waals surface area contributed by atoms with Gasteiger partial charge in [0.1, 0.15) is 0 Å². The molecule has 3 rings (SSSR count). The number of carbonyl (C=O) groups is 5. The fourth-order valence-electron chi connectivity index (χ4n) is 3.40. The summed E-state index contributed by atoms with van der Waals surface area (Å²) in [5, 5.41) is 3.57. The van der Waals surface area contributed by atoms with Crippen LogP contribution in [0.5, 0.6) is 11.5 Å². The standard InChI is InChI=1S/C24H25N3O9/c1-33-18-9-6-15(10-19(18)34-2)22(30)26-27-12-16(11-21(27)29)24(32)36-13-20(28)25-17-7-4-14(5-8-17)23(31)35-3/h4-10,16H,11-13H2,1-3H3,(H,25,28)(H,26,30)/t16-/m1/s1. The minimum Gasteiger partial charge on any atom is -0.493 e. The van der Waals surface area contributed by atoms with E-state index < -0.39 is 42.2 Å². The normalized spacial score (nSPS) is 14.6. The highest BCUT2D eigenvalue weighted by Gasteiger charge is 2.36. The highest BCUT2D eigenvalue weighted by molar-refractivity contribution is 5.97. The van der Waals surface area contributed by atoms with Crippen LogP contribution in [-0.4, -0.2) is 69.2 Å². The molecular formula is C24H25N3O9. The maximum Gasteiger partial charge on any atom is 0.337 e. The van der Waals surface area contributed by atoms with Gasteiger partial charge in [-0.3, -0.25) is 29.6 Å². The molecule has 0 spiro atoms. The Bertz CT molecular complexity index is 1160. The Kier molecular flexibility index (Phi) is 8.44. The molecule has 1 fully saturated rings. The van der Waals surface area contributed by atoms with Gasteiger partial charge in [-0.25, -0.2) is 4.79 Å². The summed E-state index contributed by atoms with van der Waals surface area (Å²) >= 11 is 0. The van der Waals surface area contributed by atoms with Crippen LogP contribution in [0.3, 0.4) is 0 Å². The summed E-state index contributed by atoms with van der Waals surface area (Å²) in [5.41, 5.74) is 3.39. The number of hydrazine groups is 1. The fourth-order valence-corrected chi connectivity index (χ4v) is 3.40. The van der Waals surface area contributed by atoms with Gasteiger partial charge in [0.2, 0.25) is 5.91 Å². The summed E-state index contributed by atoms with van der Waals surface area (Å²) in [6.45, 7) is -0.673. The Balaban J connectivity index is 1.49. The lowest BCUT2D eigenvalue weighted by molar-refractivity contribution is -0.151. The van der Waals surface area contributed by atoms with Gasteiger partial charge >= 0.3 is 11.9 Å². The zero-order valence-electron chi connectivity index (χ0n) is 19.9. The van der Waals surface area contributed by atoms with Gasteiger partial charge in [-0.2, -0.15) is 0 Å². The van der Waals surface area contributed by atoms with Crippen molar-refractivity contribution >= 4 is 35.3 Å². The summed E-state index contributed by atoms with van der Waals surface area (Å²) in [6.07, 6.45) is -0.179. The number of benzene rings is 2. The van der Waals surface area contributed by atoms with Crippen molar-refractivity contribution in [3.8, 4) is 11.5 Å². The Labute approximate surface area is 206 Å². The molecule has 2 aromatic rings. The van der Waals surface area contributed by atoms with Crippen molar-refractivity contribution in [2.45, 2.75) is 6.42 Å². The summed E-state index contributed by atoms with van der Waals surface area (Å²) < 4.78 is 19.9. The van der Waals surface area contributed by atoms with E-state index in [2.05, 4.69) is 15.5 Å². The number of methoxy groups -OCH3 is 3. The van der Waals surface area contributed by atoms with Gasteiger partial charge in [0.05, 0.1) is 39.4 Å². The largest absolute Gasteiger partial charge is 0.493 e. The number of carbonyl (C=O) groups excluding carboxylic acids is 5. The van der Waals surface area contributed by atoms with E-state index in [1.165, 1.54) is 57.7 Å². The summed E-state index contributed by atoms with van der Waals surface area (Å²) in [5.74, 6) is -2.97. The Morgan fingerprint density at radius 2 is 1.61 bits per heavy atom. The number of nitrogens with one attached hydrogen (secondary N) is 2. The quantitative estimate of drug-likeness (QED) is 0.485. The number of anilines is 1. The first kappa shape index (κ1) is 26.0. The SMILES string of the molecule is COC(=O)c1ccc(NC(=O)COC(=O)[C@@H]2CC(=O)N(NC(=O)c3ccc(OC)c(OC)c3)C2)cc1. The van der Waals surface area contributed by atoms with Crippen molar-refractivity contribution < 1.29 is 42.9 Å². The molecule has 1 heterocycles. The van der Waals surface area contributed by atoms with E-state index in [9.17, 15) is 24.0 Å². The second-order valence-electron chi connectivity index (χ2n) is 7.64. The first-order valence-corrected chi connectivity index (χ1v) is 10.7. The van der Waals surface area contributed by atoms with Gasteiger partial charge in [-0.05, 0) is 42.5 Å². The smallest absolute Gasteiger partial charge is 0.337 e. The van der Waals surface area contributed by atoms with E-state index in [1.807, 2.05) is 0 Å². The molecule has 0 saturated carbocycles. The van der Waals surface area contributed by atoms with Gasteiger partial charge in [0.25, 0.3) is 11.8 Å². The molecule has 12 nitrogen and oxygen atoms in total. The molecule has 12 heteroatoms. The lowest BCUT2D eigenvalue weighted by Crippen LogP contribution is -2.43. The lowest BCUT2D eigenvalue weighted by atomic mass is 10.1. The van der Waals surface area contributed by atoms with E-state index in [0.717, 1.165) is 5.01 Å². The minimum absolute atomic E-state index is 0.104. The number of rotatable bonds is 9. The van der Waals surface area contributed by atoms with Crippen molar-refractivity contribution in [1.82, 2.24) is 10.4 Å². The molecule has 0 aliphatic carbocycles. The molecule has 0 aromatic heterocycles. The van der Waals surface area contributed by atoms with Crippen LogP contribution in [0, 0.1) is 5.92 Å². The van der Waals surface area contributed by atoms with Crippen LogP contribution in [0.25, 0.3) is 0 Å². The molecule has 1 atom stereocenters. The second-order valence-corrected chi connectivity index (χ2v) is 7.64. The van der Waals surface area contributed by atoms with Crippen LogP contribution in [0.15, 0.2) is 42.5 Å². The molecule has 190 valence electrons. The van der Waals surface area contributed by atoms with E-state index in [1.54, 1.807) is 6.07 Å². The van der Waals surface area contributed by atoms with Crippen LogP contribution < -0.4 is 20.2 Å². The van der Waals surface area contributed by atoms with E-state index in [0.29, 0.717) is 22.7 Å². The average Bonchev–Trinajstić information content (AvgIpc) is 3.26. The average molecular weight is 499 g/mol. The monoisotopic (exact) mass is 499 g/mol. The third kappa shape index (κ3) is 6.29. The van der Waals surface area contributed by atoms with Crippen molar-refractivity contribution in [3.05, 3.63) is 53.6 Å². The van der Waals surface area contributed by atoms with Crippen molar-refractivity contribution in [2.24, 2.45) is 5.92 Å². The Hall–Kier alpha value is -4.61. The number of esters is 2. The maximum atomic E-state index is 12.6. The third-order valence-electron chi connectivity index (χ3n) is 5.28.